The molecule has 0 aromatic carbocycles. The van der Waals surface area contributed by atoms with Gasteiger partial charge in [0.15, 0.2) is 12.0 Å². The molecular formula is C6H11NO2. The molecule has 0 aliphatic carbocycles. The summed E-state index contributed by atoms with van der Waals surface area (Å²) in [5.41, 5.74) is 0. The van der Waals surface area contributed by atoms with Gasteiger partial charge >= 0.3 is 0 Å². The summed E-state index contributed by atoms with van der Waals surface area (Å²) in [6.07, 6.45) is 2.27. The molecule has 0 aromatic heterocycles. The molecule has 0 aliphatic rings. The van der Waals surface area contributed by atoms with Gasteiger partial charge in [0.1, 0.15) is 0 Å². The summed E-state index contributed by atoms with van der Waals surface area (Å²) >= 11 is 0. The van der Waals surface area contributed by atoms with Crippen LogP contribution in [0.4, 0.5) is 0 Å². The molecule has 0 rings (SSSR count). The van der Waals surface area contributed by atoms with Gasteiger partial charge in [0.2, 0.25) is 0 Å². The van der Waals surface area contributed by atoms with Crippen molar-refractivity contribution in [1.29, 1.82) is 0 Å². The number of rotatable bonds is 3. The first kappa shape index (κ1) is 8.01. The molecule has 3 nitrogen and oxygen atoms in total. The number of nitrogens with zero attached hydrogens (tertiary/aromatic N) is 1. The van der Waals surface area contributed by atoms with Gasteiger partial charge in [0.05, 0.1) is 7.11 Å². The lowest BCUT2D eigenvalue weighted by molar-refractivity contribution is -0.107. The number of hydrogen-bond acceptors (Lipinski definition) is 3. The van der Waals surface area contributed by atoms with Crippen molar-refractivity contribution in [2.45, 2.75) is 0 Å². The highest BCUT2D eigenvalue weighted by molar-refractivity contribution is 5.69. The molecule has 0 amide bonds. The molecule has 0 heterocycles. The molecule has 0 saturated carbocycles. The Morgan fingerprint density at radius 3 is 2.22 bits per heavy atom. The highest BCUT2D eigenvalue weighted by atomic mass is 16.5. The second-order valence-electron chi connectivity index (χ2n) is 1.82. The van der Waals surface area contributed by atoms with Crippen LogP contribution < -0.4 is 0 Å². The van der Waals surface area contributed by atoms with Crippen LogP contribution in [0, 0.1) is 0 Å². The summed E-state index contributed by atoms with van der Waals surface area (Å²) in [6.45, 7) is 0. The van der Waals surface area contributed by atoms with E-state index < -0.39 is 0 Å². The van der Waals surface area contributed by atoms with Gasteiger partial charge in [-0.1, -0.05) is 0 Å². The smallest absolute Gasteiger partial charge is 0.186 e. The van der Waals surface area contributed by atoms with Crippen LogP contribution in [-0.2, 0) is 9.53 Å². The Morgan fingerprint density at radius 2 is 2.11 bits per heavy atom. The van der Waals surface area contributed by atoms with E-state index in [9.17, 15) is 4.79 Å². The molecule has 52 valence electrons. The van der Waals surface area contributed by atoms with Gasteiger partial charge in [-0.3, -0.25) is 4.79 Å². The Bertz CT molecular complexity index is 118. The maximum atomic E-state index is 10.1. The first-order chi connectivity index (χ1) is 4.20. The molecule has 0 unspecified atom stereocenters. The summed E-state index contributed by atoms with van der Waals surface area (Å²) < 4.78 is 4.66. The third-order valence-corrected chi connectivity index (χ3v) is 0.737. The molecule has 0 aliphatic heterocycles. The van der Waals surface area contributed by atoms with Crippen molar-refractivity contribution >= 4 is 6.29 Å². The first-order valence-corrected chi connectivity index (χ1v) is 2.58. The maximum Gasteiger partial charge on any atom is 0.186 e. The van der Waals surface area contributed by atoms with Crippen LogP contribution in [0.15, 0.2) is 12.0 Å². The maximum absolute atomic E-state index is 10.1. The minimum absolute atomic E-state index is 0.333. The van der Waals surface area contributed by atoms with Crippen molar-refractivity contribution in [1.82, 2.24) is 4.90 Å². The fraction of sp³-hybridized carbons (Fsp3) is 0.500. The summed E-state index contributed by atoms with van der Waals surface area (Å²) in [6, 6.07) is 0. The van der Waals surface area contributed by atoms with E-state index in [0.29, 0.717) is 12.0 Å². The number of aldehydes is 1. The topological polar surface area (TPSA) is 29.5 Å². The standard InChI is InChI=1S/C6H11NO2/c1-7(2)4-6(5-8)9-3/h4-5H,1-3H3. The fourth-order valence-electron chi connectivity index (χ4n) is 0.386. The van der Waals surface area contributed by atoms with Crippen LogP contribution in [0.5, 0.6) is 0 Å². The van der Waals surface area contributed by atoms with Gasteiger partial charge in [0, 0.05) is 20.3 Å². The molecule has 3 heteroatoms. The van der Waals surface area contributed by atoms with E-state index in [1.807, 2.05) is 14.1 Å². The van der Waals surface area contributed by atoms with Crippen LogP contribution >= 0.6 is 0 Å². The van der Waals surface area contributed by atoms with Crippen LogP contribution in [-0.4, -0.2) is 32.4 Å². The SMILES string of the molecule is COC(C=O)=CN(C)C. The Kier molecular flexibility index (Phi) is 3.51. The molecule has 0 N–H and O–H groups in total. The predicted molar refractivity (Wildman–Crippen MR) is 34.8 cm³/mol. The summed E-state index contributed by atoms with van der Waals surface area (Å²) in [5, 5.41) is 0. The van der Waals surface area contributed by atoms with E-state index in [4.69, 9.17) is 0 Å². The lowest BCUT2D eigenvalue weighted by Gasteiger charge is -2.04. The molecule has 0 radical (unpaired) electrons. The Morgan fingerprint density at radius 1 is 1.56 bits per heavy atom. The van der Waals surface area contributed by atoms with Crippen LogP contribution in [0.1, 0.15) is 0 Å². The Hall–Kier alpha value is -0.990. The molecule has 0 aromatic rings. The minimum atomic E-state index is 0.333. The Labute approximate surface area is 54.9 Å². The second kappa shape index (κ2) is 3.95. The number of carbonyl (C=O) groups excluding carboxylic acids is 1. The van der Waals surface area contributed by atoms with E-state index in [1.165, 1.54) is 7.11 Å². The van der Waals surface area contributed by atoms with Gasteiger partial charge < -0.3 is 9.64 Å². The third-order valence-electron chi connectivity index (χ3n) is 0.737. The fourth-order valence-corrected chi connectivity index (χ4v) is 0.386. The average molecular weight is 129 g/mol. The summed E-state index contributed by atoms with van der Waals surface area (Å²) in [4.78, 5) is 11.8. The number of ether oxygens (including phenoxy) is 1. The van der Waals surface area contributed by atoms with Crippen molar-refractivity contribution < 1.29 is 9.53 Å². The molecule has 0 spiro atoms. The number of hydrogen-bond donors (Lipinski definition) is 0. The van der Waals surface area contributed by atoms with E-state index in [1.54, 1.807) is 11.1 Å². The monoisotopic (exact) mass is 129 g/mol. The van der Waals surface area contributed by atoms with Gasteiger partial charge in [0.25, 0.3) is 0 Å². The average Bonchev–Trinajstić information content (AvgIpc) is 1.82. The zero-order valence-electron chi connectivity index (χ0n) is 5.92. The number of carbonyl (C=O) groups is 1. The van der Waals surface area contributed by atoms with Crippen LogP contribution in [0.2, 0.25) is 0 Å². The third kappa shape index (κ3) is 3.58. The van der Waals surface area contributed by atoms with Crippen molar-refractivity contribution in [2.24, 2.45) is 0 Å². The number of allylic oxidation sites excluding steroid dienone is 1. The first-order valence-electron chi connectivity index (χ1n) is 2.58. The van der Waals surface area contributed by atoms with Gasteiger partial charge in [-0.2, -0.15) is 0 Å². The largest absolute Gasteiger partial charge is 0.492 e. The summed E-state index contributed by atoms with van der Waals surface area (Å²) in [7, 11) is 5.11. The highest BCUT2D eigenvalue weighted by Crippen LogP contribution is 1.89. The Balaban J connectivity index is 3.90. The molecule has 0 saturated heterocycles. The van der Waals surface area contributed by atoms with Crippen LogP contribution in [0.3, 0.4) is 0 Å². The van der Waals surface area contributed by atoms with Gasteiger partial charge in [-0.05, 0) is 0 Å². The highest BCUT2D eigenvalue weighted by Gasteiger charge is 1.89. The zero-order valence-corrected chi connectivity index (χ0v) is 5.92. The van der Waals surface area contributed by atoms with Crippen molar-refractivity contribution in [3.63, 3.8) is 0 Å². The predicted octanol–water partition coefficient (Wildman–Crippen LogP) is 0.235. The van der Waals surface area contributed by atoms with Crippen molar-refractivity contribution in [3.05, 3.63) is 12.0 Å². The van der Waals surface area contributed by atoms with Crippen molar-refractivity contribution in [2.75, 3.05) is 21.2 Å². The molecule has 0 atom stereocenters. The van der Waals surface area contributed by atoms with Gasteiger partial charge in [-0.15, -0.1) is 0 Å². The number of methoxy groups -OCH3 is 1. The van der Waals surface area contributed by atoms with E-state index >= 15 is 0 Å². The lowest BCUT2D eigenvalue weighted by Crippen LogP contribution is -2.04. The van der Waals surface area contributed by atoms with Crippen LogP contribution in [0.25, 0.3) is 0 Å². The van der Waals surface area contributed by atoms with Crippen molar-refractivity contribution in [3.8, 4) is 0 Å². The van der Waals surface area contributed by atoms with E-state index in [2.05, 4.69) is 4.74 Å². The molecule has 0 fully saturated rings. The molecule has 0 bridgehead atoms. The van der Waals surface area contributed by atoms with E-state index in [0.717, 1.165) is 0 Å². The van der Waals surface area contributed by atoms with Gasteiger partial charge in [-0.25, -0.2) is 0 Å². The summed E-state index contributed by atoms with van der Waals surface area (Å²) in [5.74, 6) is 0.333. The van der Waals surface area contributed by atoms with E-state index in [-0.39, 0.29) is 0 Å². The lowest BCUT2D eigenvalue weighted by atomic mass is 10.6. The molecular weight excluding hydrogens is 118 g/mol. The second-order valence-corrected chi connectivity index (χ2v) is 1.82. The molecule has 9 heavy (non-hydrogen) atoms. The zero-order chi connectivity index (χ0) is 7.28. The quantitative estimate of drug-likeness (QED) is 0.310. The minimum Gasteiger partial charge on any atom is -0.492 e. The normalized spacial score (nSPS) is 10.8.